The molecule has 0 unspecified atom stereocenters. The molecule has 0 aliphatic heterocycles. The van der Waals surface area contributed by atoms with Gasteiger partial charge in [0, 0.05) is 9.50 Å². The third-order valence-electron chi connectivity index (χ3n) is 3.65. The lowest BCUT2D eigenvalue weighted by atomic mass is 10.3. The van der Waals surface area contributed by atoms with Crippen molar-refractivity contribution < 1.29 is 22.1 Å². The topological polar surface area (TPSA) is 105 Å². The number of ether oxygens (including phenoxy) is 1. The number of hydrogen-bond acceptors (Lipinski definition) is 7. The molecule has 0 bridgehead atoms. The van der Waals surface area contributed by atoms with E-state index in [1.165, 1.54) is 48.5 Å². The van der Waals surface area contributed by atoms with Gasteiger partial charge in [-0.05, 0) is 48.5 Å². The van der Waals surface area contributed by atoms with Crippen molar-refractivity contribution in [2.45, 2.75) is 4.90 Å². The van der Waals surface area contributed by atoms with Crippen molar-refractivity contribution in [3.05, 3.63) is 80.1 Å². The van der Waals surface area contributed by atoms with Gasteiger partial charge in [-0.2, -0.15) is 18.2 Å². The maximum Gasteiger partial charge on any atom is 0.362 e. The summed E-state index contributed by atoms with van der Waals surface area (Å²) in [7, 11) is -3.24. The minimum atomic E-state index is -4.33. The van der Waals surface area contributed by atoms with Crippen LogP contribution in [-0.2, 0) is 14.9 Å². The van der Waals surface area contributed by atoms with Crippen LogP contribution >= 0.6 is 27.5 Å². The Morgan fingerprint density at radius 2 is 1.72 bits per heavy atom. The van der Waals surface area contributed by atoms with Crippen molar-refractivity contribution in [1.29, 1.82) is 0 Å². The number of benzene rings is 2. The van der Waals surface area contributed by atoms with Gasteiger partial charge in [0.1, 0.15) is 4.90 Å². The molecule has 0 aliphatic rings. The summed E-state index contributed by atoms with van der Waals surface area (Å²) >= 11 is 9.04. The third kappa shape index (κ3) is 4.66. The van der Waals surface area contributed by atoms with Crippen molar-refractivity contribution in [2.75, 3.05) is 7.11 Å². The molecule has 3 aromatic rings. The summed E-state index contributed by atoms with van der Waals surface area (Å²) in [6.45, 7) is 0. The van der Waals surface area contributed by atoms with Crippen molar-refractivity contribution in [1.82, 2.24) is 9.78 Å². The average Bonchev–Trinajstić information content (AvgIpc) is 2.68. The highest BCUT2D eigenvalue weighted by Gasteiger charge is 2.25. The highest BCUT2D eigenvalue weighted by molar-refractivity contribution is 9.10. The van der Waals surface area contributed by atoms with Gasteiger partial charge >= 0.3 is 16.1 Å². The van der Waals surface area contributed by atoms with Crippen LogP contribution < -0.4 is 9.74 Å². The summed E-state index contributed by atoms with van der Waals surface area (Å²) in [5.74, 6) is -1.52. The number of carbonyl (C=O) groups is 1. The summed E-state index contributed by atoms with van der Waals surface area (Å²) in [4.78, 5) is 24.5. The van der Waals surface area contributed by atoms with E-state index in [1.54, 1.807) is 0 Å². The highest BCUT2D eigenvalue weighted by atomic mass is 79.9. The summed E-state index contributed by atoms with van der Waals surface area (Å²) in [6.07, 6.45) is 0. The van der Waals surface area contributed by atoms with Gasteiger partial charge in [-0.3, -0.25) is 4.79 Å². The van der Waals surface area contributed by atoms with Crippen LogP contribution in [0.2, 0.25) is 5.02 Å². The van der Waals surface area contributed by atoms with Crippen molar-refractivity contribution >= 4 is 43.6 Å². The minimum absolute atomic E-state index is 0.168. The first-order valence-electron chi connectivity index (χ1n) is 7.90. The molecule has 0 aliphatic carbocycles. The molecule has 1 aromatic heterocycles. The van der Waals surface area contributed by atoms with Crippen molar-refractivity contribution in [2.24, 2.45) is 0 Å². The van der Waals surface area contributed by atoms with Crippen LogP contribution in [0.5, 0.6) is 5.75 Å². The first-order chi connectivity index (χ1) is 13.7. The Kier molecular flexibility index (Phi) is 6.06. The normalized spacial score (nSPS) is 11.1. The molecule has 2 aromatic carbocycles. The van der Waals surface area contributed by atoms with E-state index >= 15 is 0 Å². The molecule has 0 amide bonds. The highest BCUT2D eigenvalue weighted by Crippen LogP contribution is 2.23. The molecule has 11 heteroatoms. The zero-order valence-corrected chi connectivity index (χ0v) is 17.9. The molecule has 0 saturated heterocycles. The fraction of sp³-hybridized carbons (Fsp3) is 0.0556. The van der Waals surface area contributed by atoms with Crippen LogP contribution in [0.4, 0.5) is 0 Å². The third-order valence-corrected chi connectivity index (χ3v) is 5.68. The van der Waals surface area contributed by atoms with Crippen molar-refractivity contribution in [3.8, 4) is 11.4 Å². The monoisotopic (exact) mass is 498 g/mol. The van der Waals surface area contributed by atoms with Crippen LogP contribution in [0.15, 0.2) is 68.8 Å². The molecule has 29 heavy (non-hydrogen) atoms. The minimum Gasteiger partial charge on any atom is -0.464 e. The molecule has 0 N–H and O–H groups in total. The molecular weight excluding hydrogens is 488 g/mol. The lowest BCUT2D eigenvalue weighted by Gasteiger charge is -2.12. The molecular formula is C18H12BrClN2O6S. The van der Waals surface area contributed by atoms with Crippen molar-refractivity contribution in [3.63, 3.8) is 0 Å². The lowest BCUT2D eigenvalue weighted by molar-refractivity contribution is 0.0589. The van der Waals surface area contributed by atoms with E-state index in [2.05, 4.69) is 25.8 Å². The standard InChI is InChI=1S/C18H12BrClN2O6S/c1-27-18(24)17-15(28-29(25,26)14-8-2-11(19)3-9-14)10-16(23)22(21-17)13-6-4-12(20)5-7-13/h2-10H,1H3. The summed E-state index contributed by atoms with van der Waals surface area (Å²) in [5, 5.41) is 4.36. The number of hydrogen-bond donors (Lipinski definition) is 0. The van der Waals surface area contributed by atoms with Gasteiger partial charge in [-0.25, -0.2) is 4.79 Å². The van der Waals surface area contributed by atoms with Gasteiger partial charge in [0.05, 0.1) is 18.9 Å². The molecule has 150 valence electrons. The second-order valence-corrected chi connectivity index (χ2v) is 8.47. The fourth-order valence-electron chi connectivity index (χ4n) is 2.28. The molecule has 3 rings (SSSR count). The zero-order valence-electron chi connectivity index (χ0n) is 14.7. The summed E-state index contributed by atoms with van der Waals surface area (Å²) in [5.41, 5.74) is -0.893. The van der Waals surface area contributed by atoms with Gasteiger partial charge in [-0.15, -0.1) is 0 Å². The van der Waals surface area contributed by atoms with Crippen LogP contribution in [0.25, 0.3) is 5.69 Å². The number of aromatic nitrogens is 2. The van der Waals surface area contributed by atoms with Crippen LogP contribution in [0, 0.1) is 0 Å². The Bertz CT molecular complexity index is 1220. The maximum atomic E-state index is 12.5. The molecule has 0 saturated carbocycles. The first kappa shape index (κ1) is 21.0. The first-order valence-corrected chi connectivity index (χ1v) is 10.5. The number of rotatable bonds is 5. The SMILES string of the molecule is COC(=O)c1nn(-c2ccc(Cl)cc2)c(=O)cc1OS(=O)(=O)c1ccc(Br)cc1. The van der Waals surface area contributed by atoms with E-state index in [0.717, 1.165) is 17.9 Å². The summed E-state index contributed by atoms with van der Waals surface area (Å²) < 4.78 is 36.3. The van der Waals surface area contributed by atoms with Crippen LogP contribution in [-0.4, -0.2) is 31.3 Å². The largest absolute Gasteiger partial charge is 0.464 e. The summed E-state index contributed by atoms with van der Waals surface area (Å²) in [6, 6.07) is 12.6. The van der Waals surface area contributed by atoms with Crippen LogP contribution in [0.3, 0.4) is 0 Å². The molecule has 0 spiro atoms. The molecule has 0 fully saturated rings. The molecule has 8 nitrogen and oxygen atoms in total. The average molecular weight is 500 g/mol. The Balaban J connectivity index is 2.10. The van der Waals surface area contributed by atoms with E-state index in [0.29, 0.717) is 15.2 Å². The van der Waals surface area contributed by atoms with E-state index in [-0.39, 0.29) is 4.90 Å². The van der Waals surface area contributed by atoms with Gasteiger partial charge in [-0.1, -0.05) is 27.5 Å². The van der Waals surface area contributed by atoms with E-state index in [1.807, 2.05) is 0 Å². The maximum absolute atomic E-state index is 12.5. The van der Waals surface area contributed by atoms with Crippen LogP contribution in [0.1, 0.15) is 10.5 Å². The van der Waals surface area contributed by atoms with Gasteiger partial charge < -0.3 is 8.92 Å². The molecule has 1 heterocycles. The second-order valence-electron chi connectivity index (χ2n) is 5.57. The Hall–Kier alpha value is -2.69. The predicted octanol–water partition coefficient (Wildman–Crippen LogP) is 3.20. The molecule has 0 atom stereocenters. The quantitative estimate of drug-likeness (QED) is 0.392. The Morgan fingerprint density at radius 1 is 1.10 bits per heavy atom. The van der Waals surface area contributed by atoms with Gasteiger partial charge in [0.2, 0.25) is 5.69 Å². The number of halogens is 2. The number of nitrogens with zero attached hydrogens (tertiary/aromatic N) is 2. The zero-order chi connectivity index (χ0) is 21.2. The fourth-order valence-corrected chi connectivity index (χ4v) is 3.60. The Morgan fingerprint density at radius 3 is 2.31 bits per heavy atom. The number of esters is 1. The smallest absolute Gasteiger partial charge is 0.362 e. The van der Waals surface area contributed by atoms with E-state index in [4.69, 9.17) is 15.8 Å². The van der Waals surface area contributed by atoms with E-state index < -0.39 is 33.1 Å². The Labute approximate surface area is 178 Å². The predicted molar refractivity (Wildman–Crippen MR) is 108 cm³/mol. The molecule has 0 radical (unpaired) electrons. The number of carbonyl (C=O) groups excluding carboxylic acids is 1. The van der Waals surface area contributed by atoms with E-state index in [9.17, 15) is 18.0 Å². The lowest BCUT2D eigenvalue weighted by Crippen LogP contribution is -2.25. The van der Waals surface area contributed by atoms with Gasteiger partial charge in [0.25, 0.3) is 5.56 Å². The second kappa shape index (κ2) is 8.36. The van der Waals surface area contributed by atoms with Gasteiger partial charge in [0.15, 0.2) is 5.75 Å². The number of methoxy groups -OCH3 is 1.